The van der Waals surface area contributed by atoms with Crippen LogP contribution in [0, 0.1) is 0 Å². The van der Waals surface area contributed by atoms with Crippen molar-refractivity contribution in [1.29, 1.82) is 0 Å². The molecule has 0 aliphatic heterocycles. The molecule has 1 N–H and O–H groups in total. The molecule has 0 aromatic rings. The summed E-state index contributed by atoms with van der Waals surface area (Å²) >= 11 is 4.78. The highest BCUT2D eigenvalue weighted by molar-refractivity contribution is 9.10. The molecule has 0 amide bonds. The lowest BCUT2D eigenvalue weighted by Gasteiger charge is -2.03. The fraction of sp³-hybridized carbons (Fsp3) is 1.00. The van der Waals surface area contributed by atoms with E-state index in [0.29, 0.717) is 6.54 Å². The van der Waals surface area contributed by atoms with Crippen molar-refractivity contribution in [1.82, 2.24) is 4.72 Å². The molecule has 0 fully saturated rings. The fourth-order valence-electron chi connectivity index (χ4n) is 0.991. The summed E-state index contributed by atoms with van der Waals surface area (Å²) in [6.07, 6.45) is 6.55. The third-order valence-electron chi connectivity index (χ3n) is 1.74. The highest BCUT2D eigenvalue weighted by Gasteiger charge is 2.04. The number of nitrogens with one attached hydrogen (secondary N) is 1. The molecule has 0 aliphatic rings. The Labute approximate surface area is 99.6 Å². The summed E-state index contributed by atoms with van der Waals surface area (Å²) < 4.78 is 24.5. The molecule has 6 heteroatoms. The van der Waals surface area contributed by atoms with E-state index in [1.165, 1.54) is 18.6 Å². The van der Waals surface area contributed by atoms with Crippen molar-refractivity contribution in [3.8, 4) is 0 Å². The Balaban J connectivity index is 3.22. The Morgan fingerprint density at radius 1 is 1.21 bits per heavy atom. The first kappa shape index (κ1) is 14.7. The lowest BCUT2D eigenvalue weighted by Crippen LogP contribution is -2.25. The minimum atomic E-state index is -3.05. The number of halogens is 1. The number of hydrogen-bond acceptors (Lipinski definition) is 3. The van der Waals surface area contributed by atoms with Crippen LogP contribution in [0.5, 0.6) is 0 Å². The maximum Gasteiger partial charge on any atom is 0.221 e. The minimum Gasteiger partial charge on any atom is -0.215 e. The van der Waals surface area contributed by atoms with E-state index >= 15 is 0 Å². The summed E-state index contributed by atoms with van der Waals surface area (Å²) in [5.41, 5.74) is 0. The first-order chi connectivity index (χ1) is 6.62. The number of thioether (sulfide) groups is 1. The standard InChI is InChI=1S/C8H18BrNO2S2/c1-13-7-5-3-2-4-6-10-14(11,12)8-9/h10H,2-8H2,1H3. The van der Waals surface area contributed by atoms with Crippen LogP contribution in [-0.2, 0) is 10.0 Å². The predicted molar refractivity (Wildman–Crippen MR) is 67.6 cm³/mol. The van der Waals surface area contributed by atoms with Gasteiger partial charge in [0.05, 0.1) is 0 Å². The van der Waals surface area contributed by atoms with Crippen LogP contribution in [0.1, 0.15) is 25.7 Å². The van der Waals surface area contributed by atoms with Gasteiger partial charge in [0.25, 0.3) is 0 Å². The summed E-state index contributed by atoms with van der Waals surface area (Å²) in [5.74, 6) is 1.20. The van der Waals surface area contributed by atoms with Gasteiger partial charge in [0, 0.05) is 6.54 Å². The van der Waals surface area contributed by atoms with Crippen molar-refractivity contribution < 1.29 is 8.42 Å². The normalized spacial score (nSPS) is 11.9. The summed E-state index contributed by atoms with van der Waals surface area (Å²) in [4.78, 5) is 0. The van der Waals surface area contributed by atoms with E-state index in [0.717, 1.165) is 12.8 Å². The minimum absolute atomic E-state index is 0.00747. The Bertz CT molecular complexity index is 219. The van der Waals surface area contributed by atoms with Crippen molar-refractivity contribution in [3.05, 3.63) is 0 Å². The number of rotatable bonds is 9. The number of alkyl halides is 1. The summed E-state index contributed by atoms with van der Waals surface area (Å²) in [6, 6.07) is 0. The molecule has 0 rings (SSSR count). The SMILES string of the molecule is CSCCCCCCNS(=O)(=O)CBr. The maximum absolute atomic E-state index is 11.0. The Kier molecular flexibility index (Phi) is 9.48. The van der Waals surface area contributed by atoms with Crippen molar-refractivity contribution in [3.63, 3.8) is 0 Å². The molecule has 0 spiro atoms. The van der Waals surface area contributed by atoms with Gasteiger partial charge in [-0.1, -0.05) is 28.8 Å². The molecule has 0 atom stereocenters. The molecule has 0 radical (unpaired) electrons. The van der Waals surface area contributed by atoms with Gasteiger partial charge >= 0.3 is 0 Å². The van der Waals surface area contributed by atoms with Gasteiger partial charge < -0.3 is 0 Å². The van der Waals surface area contributed by atoms with Crippen LogP contribution in [0.25, 0.3) is 0 Å². The summed E-state index contributed by atoms with van der Waals surface area (Å²) in [7, 11) is -3.05. The van der Waals surface area contributed by atoms with Gasteiger partial charge in [0.2, 0.25) is 10.0 Å². The molecule has 0 unspecified atom stereocenters. The van der Waals surface area contributed by atoms with E-state index in [9.17, 15) is 8.42 Å². The average molecular weight is 304 g/mol. The Hall–Kier alpha value is 0.740. The van der Waals surface area contributed by atoms with E-state index in [1.54, 1.807) is 0 Å². The maximum atomic E-state index is 11.0. The average Bonchev–Trinajstić information content (AvgIpc) is 2.16. The van der Waals surface area contributed by atoms with Crippen molar-refractivity contribution in [2.45, 2.75) is 25.7 Å². The zero-order valence-electron chi connectivity index (χ0n) is 8.46. The first-order valence-electron chi connectivity index (χ1n) is 4.64. The van der Waals surface area contributed by atoms with Crippen LogP contribution >= 0.6 is 27.7 Å². The first-order valence-corrected chi connectivity index (χ1v) is 8.81. The predicted octanol–water partition coefficient (Wildman–Crippen LogP) is 2.18. The van der Waals surface area contributed by atoms with E-state index in [-0.39, 0.29) is 4.66 Å². The van der Waals surface area contributed by atoms with Gasteiger partial charge in [-0.2, -0.15) is 11.8 Å². The molecule has 3 nitrogen and oxygen atoms in total. The second-order valence-electron chi connectivity index (χ2n) is 3.03. The molecular weight excluding hydrogens is 286 g/mol. The quantitative estimate of drug-likeness (QED) is 0.524. The third-order valence-corrected chi connectivity index (χ3v) is 5.18. The van der Waals surface area contributed by atoms with Crippen LogP contribution in [0.3, 0.4) is 0 Å². The highest BCUT2D eigenvalue weighted by atomic mass is 79.9. The topological polar surface area (TPSA) is 46.2 Å². The molecule has 0 aromatic heterocycles. The lowest BCUT2D eigenvalue weighted by molar-refractivity contribution is 0.579. The van der Waals surface area contributed by atoms with Crippen LogP contribution in [0.2, 0.25) is 0 Å². The second kappa shape index (κ2) is 9.00. The molecule has 0 heterocycles. The molecule has 0 saturated heterocycles. The largest absolute Gasteiger partial charge is 0.221 e. The zero-order chi connectivity index (χ0) is 10.9. The van der Waals surface area contributed by atoms with Gasteiger partial charge in [0.1, 0.15) is 4.66 Å². The Morgan fingerprint density at radius 2 is 1.86 bits per heavy atom. The van der Waals surface area contributed by atoms with Gasteiger partial charge in [0.15, 0.2) is 0 Å². The smallest absolute Gasteiger partial charge is 0.215 e. The molecule has 86 valence electrons. The van der Waals surface area contributed by atoms with E-state index < -0.39 is 10.0 Å². The number of unbranched alkanes of at least 4 members (excludes halogenated alkanes) is 3. The highest BCUT2D eigenvalue weighted by Crippen LogP contribution is 2.04. The van der Waals surface area contributed by atoms with Gasteiger partial charge in [-0.15, -0.1) is 0 Å². The van der Waals surface area contributed by atoms with Gasteiger partial charge in [-0.05, 0) is 24.9 Å². The van der Waals surface area contributed by atoms with Crippen LogP contribution in [0.15, 0.2) is 0 Å². The molecule has 0 bridgehead atoms. The van der Waals surface area contributed by atoms with Crippen molar-refractivity contribution in [2.75, 3.05) is 23.2 Å². The Morgan fingerprint density at radius 3 is 2.43 bits per heavy atom. The van der Waals surface area contributed by atoms with Crippen LogP contribution in [0.4, 0.5) is 0 Å². The van der Waals surface area contributed by atoms with E-state index in [1.807, 2.05) is 11.8 Å². The lowest BCUT2D eigenvalue weighted by atomic mass is 10.2. The van der Waals surface area contributed by atoms with Crippen molar-refractivity contribution >= 4 is 37.7 Å². The van der Waals surface area contributed by atoms with E-state index in [2.05, 4.69) is 26.9 Å². The zero-order valence-corrected chi connectivity index (χ0v) is 11.7. The van der Waals surface area contributed by atoms with Crippen LogP contribution < -0.4 is 4.72 Å². The number of hydrogen-bond donors (Lipinski definition) is 1. The van der Waals surface area contributed by atoms with Gasteiger partial charge in [-0.25, -0.2) is 13.1 Å². The molecule has 14 heavy (non-hydrogen) atoms. The third kappa shape index (κ3) is 9.30. The molecule has 0 aromatic carbocycles. The summed E-state index contributed by atoms with van der Waals surface area (Å²) in [5, 5.41) is 0. The monoisotopic (exact) mass is 303 g/mol. The van der Waals surface area contributed by atoms with Gasteiger partial charge in [-0.3, -0.25) is 0 Å². The van der Waals surface area contributed by atoms with Crippen LogP contribution in [-0.4, -0.2) is 31.6 Å². The molecule has 0 saturated carbocycles. The number of sulfonamides is 1. The van der Waals surface area contributed by atoms with E-state index in [4.69, 9.17) is 0 Å². The molecular formula is C8H18BrNO2S2. The van der Waals surface area contributed by atoms with Crippen molar-refractivity contribution in [2.24, 2.45) is 0 Å². The second-order valence-corrected chi connectivity index (χ2v) is 7.12. The summed E-state index contributed by atoms with van der Waals surface area (Å²) in [6.45, 7) is 0.563. The molecule has 0 aliphatic carbocycles. The fourth-order valence-corrected chi connectivity index (χ4v) is 2.50.